The van der Waals surface area contributed by atoms with Crippen molar-refractivity contribution >= 4 is 17.0 Å². The summed E-state index contributed by atoms with van der Waals surface area (Å²) in [5.41, 5.74) is 0. The van der Waals surface area contributed by atoms with Crippen LogP contribution in [0.25, 0.3) is 0 Å². The van der Waals surface area contributed by atoms with Gasteiger partial charge in [-0.1, -0.05) is 0 Å². The molecule has 2 aromatic carbocycles. The van der Waals surface area contributed by atoms with Crippen molar-refractivity contribution < 1.29 is 20.8 Å². The maximum absolute atomic E-state index is 4.93. The fraction of sp³-hybridized carbons (Fsp3) is 0. The minimum atomic E-state index is -0.826. The molecular weight excluding hydrogens is 294 g/mol. The second-order valence-electron chi connectivity index (χ2n) is 2.00. The standard InChI is InChI=1S/2C5H5.CH3.2ClH.Zr/c2*1-2-4-5-3-1;;;;/h2*1-5H;1H3;2*1H;/q3*-1;;;+2/p-2. The second kappa shape index (κ2) is 15.6. The van der Waals surface area contributed by atoms with Gasteiger partial charge in [-0.2, -0.15) is 36.4 Å². The molecule has 0 saturated carbocycles. The van der Waals surface area contributed by atoms with Crippen molar-refractivity contribution in [2.24, 2.45) is 0 Å². The summed E-state index contributed by atoms with van der Waals surface area (Å²) in [5.74, 6) is 0. The van der Waals surface area contributed by atoms with Gasteiger partial charge >= 0.3 is 37.9 Å². The van der Waals surface area contributed by atoms with Crippen molar-refractivity contribution in [3.05, 3.63) is 68.1 Å². The van der Waals surface area contributed by atoms with Crippen LogP contribution in [0.5, 0.6) is 0 Å². The van der Waals surface area contributed by atoms with E-state index >= 15 is 0 Å². The summed E-state index contributed by atoms with van der Waals surface area (Å²) in [7, 11) is 9.87. The van der Waals surface area contributed by atoms with Crippen molar-refractivity contribution in [3.63, 3.8) is 0 Å². The Balaban J connectivity index is 0. The SMILES string of the molecule is [CH3-].[Cl][Zr][Cl].c1cc[cH-]c1.c1cc[cH-]c1. The van der Waals surface area contributed by atoms with Gasteiger partial charge in [-0.3, -0.25) is 0 Å². The van der Waals surface area contributed by atoms with E-state index in [0.717, 1.165) is 0 Å². The maximum Gasteiger partial charge on any atom is -0.172 e. The topological polar surface area (TPSA) is 0 Å². The summed E-state index contributed by atoms with van der Waals surface area (Å²) in [6.45, 7) is 0. The maximum atomic E-state index is 4.93. The Morgan fingerprint density at radius 1 is 0.714 bits per heavy atom. The molecule has 0 aliphatic rings. The Morgan fingerprint density at radius 2 is 0.929 bits per heavy atom. The number of hydrogen-bond donors (Lipinski definition) is 0. The molecule has 0 heterocycles. The molecule has 0 atom stereocenters. The van der Waals surface area contributed by atoms with E-state index in [4.69, 9.17) is 17.0 Å². The first-order valence-electron chi connectivity index (χ1n) is 3.71. The normalized spacial score (nSPS) is 6.71. The molecule has 0 aliphatic heterocycles. The zero-order chi connectivity index (χ0) is 9.78. The van der Waals surface area contributed by atoms with Gasteiger partial charge in [0.1, 0.15) is 0 Å². The largest absolute Gasteiger partial charge is 0.214 e. The predicted molar refractivity (Wildman–Crippen MR) is 62.2 cm³/mol. The van der Waals surface area contributed by atoms with Crippen molar-refractivity contribution in [1.82, 2.24) is 0 Å². The molecule has 0 aromatic heterocycles. The second-order valence-corrected chi connectivity index (χ2v) is 5.73. The van der Waals surface area contributed by atoms with E-state index in [1.54, 1.807) is 0 Å². The summed E-state index contributed by atoms with van der Waals surface area (Å²) in [6.07, 6.45) is 0. The Labute approximate surface area is 105 Å². The first-order chi connectivity index (χ1) is 6.41. The van der Waals surface area contributed by atoms with Crippen LogP contribution in [-0.4, -0.2) is 0 Å². The van der Waals surface area contributed by atoms with Crippen LogP contribution in [-0.2, 0) is 20.8 Å². The van der Waals surface area contributed by atoms with Crippen molar-refractivity contribution in [2.45, 2.75) is 0 Å². The molecule has 0 amide bonds. The van der Waals surface area contributed by atoms with Crippen LogP contribution in [0.15, 0.2) is 60.7 Å². The van der Waals surface area contributed by atoms with Crippen molar-refractivity contribution in [1.29, 1.82) is 0 Å². The van der Waals surface area contributed by atoms with Gasteiger partial charge in [0, 0.05) is 0 Å². The van der Waals surface area contributed by atoms with Crippen LogP contribution < -0.4 is 0 Å². The molecule has 0 spiro atoms. The van der Waals surface area contributed by atoms with Crippen LogP contribution in [0.1, 0.15) is 0 Å². The van der Waals surface area contributed by atoms with Crippen LogP contribution in [0.4, 0.5) is 0 Å². The van der Waals surface area contributed by atoms with Gasteiger partial charge in [-0.15, -0.1) is 0 Å². The molecule has 0 unspecified atom stereocenters. The Morgan fingerprint density at radius 3 is 1.00 bits per heavy atom. The van der Waals surface area contributed by atoms with Crippen LogP contribution in [0, 0.1) is 7.43 Å². The first-order valence-corrected chi connectivity index (χ1v) is 10.0. The van der Waals surface area contributed by atoms with E-state index in [1.807, 2.05) is 60.7 Å². The number of rotatable bonds is 0. The van der Waals surface area contributed by atoms with Gasteiger partial charge in [0.2, 0.25) is 0 Å². The zero-order valence-electron chi connectivity index (χ0n) is 8.03. The third-order valence-corrected chi connectivity index (χ3v) is 1.11. The smallest absolute Gasteiger partial charge is 0.172 e. The summed E-state index contributed by atoms with van der Waals surface area (Å²) in [4.78, 5) is 0. The third-order valence-electron chi connectivity index (χ3n) is 1.11. The van der Waals surface area contributed by atoms with Gasteiger partial charge < -0.3 is 7.43 Å². The van der Waals surface area contributed by atoms with Crippen LogP contribution in [0.3, 0.4) is 0 Å². The van der Waals surface area contributed by atoms with Crippen molar-refractivity contribution in [2.75, 3.05) is 0 Å². The van der Waals surface area contributed by atoms with E-state index < -0.39 is 20.8 Å². The first kappa shape index (κ1) is 16.6. The molecule has 2 aromatic rings. The predicted octanol–water partition coefficient (Wildman–Crippen LogP) is 4.64. The van der Waals surface area contributed by atoms with Crippen LogP contribution >= 0.6 is 17.0 Å². The van der Waals surface area contributed by atoms with Gasteiger partial charge in [0.05, 0.1) is 0 Å². The third kappa shape index (κ3) is 14.7. The molecule has 14 heavy (non-hydrogen) atoms. The Hall–Kier alpha value is 0.163. The fourth-order valence-corrected chi connectivity index (χ4v) is 0.642. The molecule has 0 bridgehead atoms. The van der Waals surface area contributed by atoms with Crippen molar-refractivity contribution in [3.8, 4) is 0 Å². The average Bonchev–Trinajstić information content (AvgIpc) is 2.85. The molecule has 0 fully saturated rings. The average molecular weight is 307 g/mol. The molecule has 0 nitrogen and oxygen atoms in total. The minimum absolute atomic E-state index is 0. The quantitative estimate of drug-likeness (QED) is 0.622. The molecule has 2 rings (SSSR count). The zero-order valence-corrected chi connectivity index (χ0v) is 12.0. The molecule has 0 N–H and O–H groups in total. The van der Waals surface area contributed by atoms with Crippen LogP contribution in [0.2, 0.25) is 0 Å². The number of hydrogen-bond acceptors (Lipinski definition) is 0. The minimum Gasteiger partial charge on any atom is -0.214 e. The summed E-state index contributed by atoms with van der Waals surface area (Å²) < 4.78 is 0. The van der Waals surface area contributed by atoms with Gasteiger partial charge in [-0.05, 0) is 0 Å². The fourth-order valence-electron chi connectivity index (χ4n) is 0.642. The molecule has 3 heteroatoms. The molecule has 0 saturated heterocycles. The van der Waals surface area contributed by atoms with Gasteiger partial charge in [0.15, 0.2) is 0 Å². The van der Waals surface area contributed by atoms with Gasteiger partial charge in [-0.25, -0.2) is 24.3 Å². The van der Waals surface area contributed by atoms with E-state index in [0.29, 0.717) is 0 Å². The summed E-state index contributed by atoms with van der Waals surface area (Å²) in [6, 6.07) is 20.0. The van der Waals surface area contributed by atoms with Gasteiger partial charge in [0.25, 0.3) is 0 Å². The van der Waals surface area contributed by atoms with E-state index in [9.17, 15) is 0 Å². The summed E-state index contributed by atoms with van der Waals surface area (Å²) in [5, 5.41) is 0. The molecule has 0 aliphatic carbocycles. The Bertz CT molecular complexity index is 165. The Kier molecular flexibility index (Phi) is 18.5. The number of halogens is 2. The van der Waals surface area contributed by atoms with E-state index in [2.05, 4.69) is 0 Å². The monoisotopic (exact) mass is 305 g/mol. The van der Waals surface area contributed by atoms with E-state index in [-0.39, 0.29) is 7.43 Å². The summed E-state index contributed by atoms with van der Waals surface area (Å²) >= 11 is -0.826. The van der Waals surface area contributed by atoms with E-state index in [1.165, 1.54) is 0 Å². The molecule has 0 radical (unpaired) electrons. The molecular formula is C11H13Cl2Zr-3. The molecule has 78 valence electrons.